The summed E-state index contributed by atoms with van der Waals surface area (Å²) in [5, 5.41) is 0. The molecule has 0 aliphatic heterocycles. The van der Waals surface area contributed by atoms with Gasteiger partial charge in [-0.3, -0.25) is 4.99 Å². The SMILES string of the molecule is CCN(CC)S(=O)(=O)c1ccc(CCN=C(N(C)C)N(C)C)s1.I. The van der Waals surface area contributed by atoms with Crippen molar-refractivity contribution in [3.8, 4) is 0 Å². The summed E-state index contributed by atoms with van der Waals surface area (Å²) in [4.78, 5) is 9.54. The highest BCUT2D eigenvalue weighted by Crippen LogP contribution is 2.25. The Bertz CT molecular complexity index is 613. The average Bonchev–Trinajstić information content (AvgIpc) is 2.93. The quantitative estimate of drug-likeness (QED) is 0.336. The number of guanidine groups is 1. The van der Waals surface area contributed by atoms with Gasteiger partial charge in [-0.2, -0.15) is 4.31 Å². The minimum absolute atomic E-state index is 0. The summed E-state index contributed by atoms with van der Waals surface area (Å²) in [5.41, 5.74) is 0. The summed E-state index contributed by atoms with van der Waals surface area (Å²) in [6.07, 6.45) is 0.740. The van der Waals surface area contributed by atoms with Crippen LogP contribution in [0.1, 0.15) is 18.7 Å². The summed E-state index contributed by atoms with van der Waals surface area (Å²) in [6.45, 7) is 5.33. The largest absolute Gasteiger partial charge is 0.349 e. The normalized spacial score (nSPS) is 11.1. The highest BCUT2D eigenvalue weighted by Gasteiger charge is 2.23. The Morgan fingerprint density at radius 2 is 1.62 bits per heavy atom. The van der Waals surface area contributed by atoms with Gasteiger partial charge in [-0.15, -0.1) is 35.3 Å². The van der Waals surface area contributed by atoms with E-state index in [1.54, 1.807) is 6.07 Å². The van der Waals surface area contributed by atoms with Crippen LogP contribution >= 0.6 is 35.3 Å². The van der Waals surface area contributed by atoms with Crippen molar-refractivity contribution in [1.82, 2.24) is 14.1 Å². The molecule has 0 aromatic carbocycles. The molecular formula is C15H29IN4O2S2. The number of halogens is 1. The number of rotatable bonds is 7. The predicted octanol–water partition coefficient (Wildman–Crippen LogP) is 2.42. The third-order valence-electron chi connectivity index (χ3n) is 3.35. The Morgan fingerprint density at radius 1 is 1.08 bits per heavy atom. The van der Waals surface area contributed by atoms with Crippen molar-refractivity contribution in [3.05, 3.63) is 17.0 Å². The van der Waals surface area contributed by atoms with Gasteiger partial charge in [0.15, 0.2) is 5.96 Å². The van der Waals surface area contributed by atoms with E-state index in [0.717, 1.165) is 17.3 Å². The van der Waals surface area contributed by atoms with Gasteiger partial charge < -0.3 is 9.80 Å². The van der Waals surface area contributed by atoms with Gasteiger partial charge in [0.2, 0.25) is 0 Å². The fraction of sp³-hybridized carbons (Fsp3) is 0.667. The maximum atomic E-state index is 12.5. The van der Waals surface area contributed by atoms with E-state index in [0.29, 0.717) is 23.8 Å². The van der Waals surface area contributed by atoms with Gasteiger partial charge in [0, 0.05) is 59.1 Å². The van der Waals surface area contributed by atoms with Crippen LogP contribution in [0, 0.1) is 0 Å². The Balaban J connectivity index is 0.00000529. The van der Waals surface area contributed by atoms with Crippen molar-refractivity contribution in [1.29, 1.82) is 0 Å². The first-order valence-corrected chi connectivity index (χ1v) is 9.97. The lowest BCUT2D eigenvalue weighted by molar-refractivity contribution is 0.447. The molecule has 0 unspecified atom stereocenters. The highest BCUT2D eigenvalue weighted by molar-refractivity contribution is 14.0. The molecule has 24 heavy (non-hydrogen) atoms. The first-order valence-electron chi connectivity index (χ1n) is 7.72. The molecule has 0 aliphatic rings. The van der Waals surface area contributed by atoms with Crippen LogP contribution in [0.2, 0.25) is 0 Å². The van der Waals surface area contributed by atoms with Crippen LogP contribution in [0.5, 0.6) is 0 Å². The van der Waals surface area contributed by atoms with Gasteiger partial charge in [-0.25, -0.2) is 8.42 Å². The molecule has 0 atom stereocenters. The highest BCUT2D eigenvalue weighted by atomic mass is 127. The molecular weight excluding hydrogens is 459 g/mol. The molecule has 0 fully saturated rings. The zero-order valence-electron chi connectivity index (χ0n) is 15.3. The molecule has 140 valence electrons. The van der Waals surface area contributed by atoms with Crippen molar-refractivity contribution in [2.24, 2.45) is 4.99 Å². The maximum absolute atomic E-state index is 12.5. The molecule has 1 rings (SSSR count). The van der Waals surface area contributed by atoms with Crippen LogP contribution < -0.4 is 0 Å². The fourth-order valence-corrected chi connectivity index (χ4v) is 5.23. The second-order valence-corrected chi connectivity index (χ2v) is 8.86. The van der Waals surface area contributed by atoms with Crippen LogP contribution in [0.15, 0.2) is 21.3 Å². The summed E-state index contributed by atoms with van der Waals surface area (Å²) in [5.74, 6) is 0.901. The van der Waals surface area contributed by atoms with Crippen molar-refractivity contribution >= 4 is 51.3 Å². The molecule has 0 saturated heterocycles. The van der Waals surface area contributed by atoms with Gasteiger partial charge in [0.1, 0.15) is 4.21 Å². The molecule has 0 spiro atoms. The maximum Gasteiger partial charge on any atom is 0.252 e. The Kier molecular flexibility index (Phi) is 10.4. The molecule has 0 radical (unpaired) electrons. The van der Waals surface area contributed by atoms with Crippen LogP contribution in [-0.4, -0.2) is 76.3 Å². The van der Waals surface area contributed by atoms with Crippen LogP contribution in [-0.2, 0) is 16.4 Å². The van der Waals surface area contributed by atoms with Crippen molar-refractivity contribution in [3.63, 3.8) is 0 Å². The van der Waals surface area contributed by atoms with E-state index >= 15 is 0 Å². The molecule has 9 heteroatoms. The lowest BCUT2D eigenvalue weighted by Gasteiger charge is -2.22. The predicted molar refractivity (Wildman–Crippen MR) is 113 cm³/mol. The van der Waals surface area contributed by atoms with Crippen molar-refractivity contribution in [2.45, 2.75) is 24.5 Å². The van der Waals surface area contributed by atoms with E-state index in [2.05, 4.69) is 4.99 Å². The molecule has 1 aromatic heterocycles. The van der Waals surface area contributed by atoms with Gasteiger partial charge in [-0.05, 0) is 12.1 Å². The summed E-state index contributed by atoms with van der Waals surface area (Å²) in [6, 6.07) is 3.59. The summed E-state index contributed by atoms with van der Waals surface area (Å²) < 4.78 is 26.8. The molecule has 1 aromatic rings. The minimum atomic E-state index is -3.35. The second-order valence-electron chi connectivity index (χ2n) is 5.53. The molecule has 0 amide bonds. The van der Waals surface area contributed by atoms with Gasteiger partial charge >= 0.3 is 0 Å². The van der Waals surface area contributed by atoms with Crippen LogP contribution in [0.25, 0.3) is 0 Å². The van der Waals surface area contributed by atoms with Crippen molar-refractivity contribution < 1.29 is 8.42 Å². The number of aliphatic imine (C=N–C) groups is 1. The van der Waals surface area contributed by atoms with Gasteiger partial charge in [0.05, 0.1) is 0 Å². The third-order valence-corrected chi connectivity index (χ3v) is 7.01. The van der Waals surface area contributed by atoms with Crippen LogP contribution in [0.3, 0.4) is 0 Å². The lowest BCUT2D eigenvalue weighted by Crippen LogP contribution is -2.35. The zero-order valence-corrected chi connectivity index (χ0v) is 19.3. The third kappa shape index (κ3) is 6.16. The first-order chi connectivity index (χ1) is 10.7. The topological polar surface area (TPSA) is 56.2 Å². The van der Waals surface area contributed by atoms with Gasteiger partial charge in [0.25, 0.3) is 10.0 Å². The molecule has 0 bridgehead atoms. The summed E-state index contributed by atoms with van der Waals surface area (Å²) >= 11 is 1.34. The number of sulfonamides is 1. The lowest BCUT2D eigenvalue weighted by atomic mass is 10.3. The average molecular weight is 488 g/mol. The van der Waals surface area contributed by atoms with E-state index in [-0.39, 0.29) is 24.0 Å². The van der Waals surface area contributed by atoms with E-state index in [1.807, 2.05) is 57.9 Å². The minimum Gasteiger partial charge on any atom is -0.349 e. The standard InChI is InChI=1S/C15H28N4O2S2.HI/c1-7-19(8-2)23(20,21)14-10-9-13(22-14)11-12-16-15(17(3)4)18(5)6;/h9-10H,7-8,11-12H2,1-6H3;1H. The monoisotopic (exact) mass is 488 g/mol. The zero-order chi connectivity index (χ0) is 17.6. The number of thiophene rings is 1. The van der Waals surface area contributed by atoms with E-state index in [1.165, 1.54) is 15.6 Å². The molecule has 1 heterocycles. The first kappa shape index (κ1) is 23.6. The Hall–Kier alpha value is -0.390. The smallest absolute Gasteiger partial charge is 0.252 e. The summed E-state index contributed by atoms with van der Waals surface area (Å²) in [7, 11) is 4.48. The van der Waals surface area contributed by atoms with E-state index < -0.39 is 10.0 Å². The fourth-order valence-electron chi connectivity index (χ4n) is 2.27. The molecule has 6 nitrogen and oxygen atoms in total. The van der Waals surface area contributed by atoms with E-state index in [4.69, 9.17) is 0 Å². The molecule has 0 N–H and O–H groups in total. The number of nitrogens with zero attached hydrogens (tertiary/aromatic N) is 4. The molecule has 0 aliphatic carbocycles. The number of hydrogen-bond acceptors (Lipinski definition) is 4. The second kappa shape index (κ2) is 10.6. The van der Waals surface area contributed by atoms with Crippen LogP contribution in [0.4, 0.5) is 0 Å². The number of hydrogen-bond donors (Lipinski definition) is 0. The Labute approximate surface area is 167 Å². The van der Waals surface area contributed by atoms with Crippen molar-refractivity contribution in [2.75, 3.05) is 47.8 Å². The van der Waals surface area contributed by atoms with E-state index in [9.17, 15) is 8.42 Å². The Morgan fingerprint density at radius 3 is 2.08 bits per heavy atom. The van der Waals surface area contributed by atoms with Gasteiger partial charge in [-0.1, -0.05) is 13.8 Å². The molecule has 0 saturated carbocycles.